The molecule has 0 heterocycles. The first-order valence-corrected chi connectivity index (χ1v) is 37.6. The molecular formula is C66H128O17P2. The van der Waals surface area contributed by atoms with Crippen molar-refractivity contribution in [2.75, 3.05) is 39.6 Å². The zero-order chi connectivity index (χ0) is 62.8. The van der Waals surface area contributed by atoms with Gasteiger partial charge in [0.25, 0.3) is 0 Å². The van der Waals surface area contributed by atoms with Crippen LogP contribution in [0.15, 0.2) is 0 Å². The molecule has 0 amide bonds. The Balaban J connectivity index is 5.21. The van der Waals surface area contributed by atoms with Gasteiger partial charge in [0.2, 0.25) is 0 Å². The van der Waals surface area contributed by atoms with E-state index >= 15 is 0 Å². The van der Waals surface area contributed by atoms with Crippen molar-refractivity contribution in [3.8, 4) is 0 Å². The molecule has 85 heavy (non-hydrogen) atoms. The Bertz CT molecular complexity index is 1650. The number of phosphoric acid groups is 2. The molecule has 0 aliphatic heterocycles. The van der Waals surface area contributed by atoms with E-state index in [1.54, 1.807) is 0 Å². The molecule has 0 saturated heterocycles. The average Bonchev–Trinajstić information content (AvgIpc) is 3.47. The predicted octanol–water partition coefficient (Wildman–Crippen LogP) is 18.6. The number of hydrogen-bond donors (Lipinski definition) is 3. The van der Waals surface area contributed by atoms with Gasteiger partial charge in [0.15, 0.2) is 12.2 Å². The Hall–Kier alpha value is -1.94. The highest BCUT2D eigenvalue weighted by Crippen LogP contribution is 2.45. The fourth-order valence-electron chi connectivity index (χ4n) is 9.94. The van der Waals surface area contributed by atoms with Gasteiger partial charge in [-0.15, -0.1) is 0 Å². The molecule has 0 radical (unpaired) electrons. The normalized spacial score (nSPS) is 14.2. The number of aliphatic hydroxyl groups excluding tert-OH is 1. The van der Waals surface area contributed by atoms with E-state index in [2.05, 4.69) is 34.6 Å². The molecule has 3 N–H and O–H groups in total. The lowest BCUT2D eigenvalue weighted by Crippen LogP contribution is -2.30. The molecule has 2 unspecified atom stereocenters. The maximum absolute atomic E-state index is 13.0. The smallest absolute Gasteiger partial charge is 0.462 e. The second-order valence-electron chi connectivity index (χ2n) is 24.3. The zero-order valence-electron chi connectivity index (χ0n) is 54.7. The van der Waals surface area contributed by atoms with E-state index < -0.39 is 97.5 Å². The van der Waals surface area contributed by atoms with Crippen molar-refractivity contribution in [2.24, 2.45) is 5.92 Å². The van der Waals surface area contributed by atoms with Crippen molar-refractivity contribution < 1.29 is 80.2 Å². The van der Waals surface area contributed by atoms with Gasteiger partial charge in [-0.25, -0.2) is 9.13 Å². The fraction of sp³-hybridized carbons (Fsp3) is 0.939. The summed E-state index contributed by atoms with van der Waals surface area (Å²) in [4.78, 5) is 72.2. The van der Waals surface area contributed by atoms with Crippen molar-refractivity contribution in [1.29, 1.82) is 0 Å². The van der Waals surface area contributed by atoms with Crippen LogP contribution in [-0.2, 0) is 65.4 Å². The number of hydrogen-bond acceptors (Lipinski definition) is 15. The Morgan fingerprint density at radius 1 is 0.318 bits per heavy atom. The number of carbonyl (C=O) groups excluding carboxylic acids is 4. The van der Waals surface area contributed by atoms with Crippen LogP contribution in [0.3, 0.4) is 0 Å². The predicted molar refractivity (Wildman–Crippen MR) is 340 cm³/mol. The van der Waals surface area contributed by atoms with E-state index in [1.165, 1.54) is 154 Å². The Morgan fingerprint density at radius 2 is 0.541 bits per heavy atom. The third kappa shape index (κ3) is 60.7. The van der Waals surface area contributed by atoms with Gasteiger partial charge in [0, 0.05) is 25.7 Å². The number of unbranched alkanes of at least 4 members (excludes halogenated alkanes) is 38. The van der Waals surface area contributed by atoms with Gasteiger partial charge < -0.3 is 33.8 Å². The summed E-state index contributed by atoms with van der Waals surface area (Å²) in [5.74, 6) is -1.43. The van der Waals surface area contributed by atoms with E-state index in [0.717, 1.165) is 96.3 Å². The Labute approximate surface area is 517 Å². The average molecular weight is 1260 g/mol. The monoisotopic (exact) mass is 1250 g/mol. The highest BCUT2D eigenvalue weighted by Gasteiger charge is 2.30. The summed E-state index contributed by atoms with van der Waals surface area (Å²) in [6.07, 6.45) is 44.5. The topological polar surface area (TPSA) is 237 Å². The molecule has 504 valence electrons. The number of carbonyl (C=O) groups is 4. The first-order valence-electron chi connectivity index (χ1n) is 34.6. The minimum absolute atomic E-state index is 0.106. The maximum Gasteiger partial charge on any atom is 0.472 e. The third-order valence-electron chi connectivity index (χ3n) is 15.3. The zero-order valence-corrected chi connectivity index (χ0v) is 56.5. The van der Waals surface area contributed by atoms with Crippen LogP contribution in [-0.4, -0.2) is 96.7 Å². The standard InChI is InChI=1S/C66H128O17P2/c1-6-9-12-15-18-21-23-24-25-26-27-28-31-36-42-47-52-66(71)83-62(56-77-64(69)50-45-40-37-32-33-38-43-48-59(4)5)58-81-85(74,75)79-54-60(67)53-78-84(72,73)80-57-61(55-76-63(68)49-44-39-34-29-20-17-14-11-8-3)82-65(70)51-46-41-35-30-22-19-16-13-10-7-2/h59-62,67H,6-58H2,1-5H3,(H,72,73)(H,74,75)/t60-,61+,62+/m0/s1. The Kier molecular flexibility index (Phi) is 58.3. The molecule has 0 aliphatic rings. The second-order valence-corrected chi connectivity index (χ2v) is 27.2. The number of phosphoric ester groups is 2. The van der Waals surface area contributed by atoms with Gasteiger partial charge in [-0.1, -0.05) is 285 Å². The van der Waals surface area contributed by atoms with Crippen LogP contribution in [0.1, 0.15) is 336 Å². The third-order valence-corrected chi connectivity index (χ3v) is 17.2. The molecule has 17 nitrogen and oxygen atoms in total. The summed E-state index contributed by atoms with van der Waals surface area (Å²) in [6.45, 7) is 7.14. The minimum atomic E-state index is -4.95. The van der Waals surface area contributed by atoms with Gasteiger partial charge >= 0.3 is 39.5 Å². The molecule has 0 fully saturated rings. The van der Waals surface area contributed by atoms with Crippen LogP contribution in [0.2, 0.25) is 0 Å². The lowest BCUT2D eigenvalue weighted by Gasteiger charge is -2.21. The highest BCUT2D eigenvalue weighted by molar-refractivity contribution is 7.47. The van der Waals surface area contributed by atoms with Gasteiger partial charge in [0.1, 0.15) is 19.3 Å². The van der Waals surface area contributed by atoms with Gasteiger partial charge in [-0.05, 0) is 31.6 Å². The van der Waals surface area contributed by atoms with E-state index in [-0.39, 0.29) is 25.7 Å². The molecule has 0 aromatic heterocycles. The number of ether oxygens (including phenoxy) is 4. The van der Waals surface area contributed by atoms with Crippen LogP contribution >= 0.6 is 15.6 Å². The van der Waals surface area contributed by atoms with Crippen LogP contribution in [0.4, 0.5) is 0 Å². The summed E-state index contributed by atoms with van der Waals surface area (Å²) < 4.78 is 68.0. The second kappa shape index (κ2) is 59.7. The lowest BCUT2D eigenvalue weighted by molar-refractivity contribution is -0.161. The summed E-state index contributed by atoms with van der Waals surface area (Å²) >= 11 is 0. The van der Waals surface area contributed by atoms with Gasteiger partial charge in [-0.3, -0.25) is 37.3 Å². The lowest BCUT2D eigenvalue weighted by atomic mass is 10.0. The van der Waals surface area contributed by atoms with Crippen molar-refractivity contribution in [3.05, 3.63) is 0 Å². The molecule has 0 spiro atoms. The molecule has 0 saturated carbocycles. The molecular weight excluding hydrogens is 1130 g/mol. The first kappa shape index (κ1) is 83.1. The van der Waals surface area contributed by atoms with Crippen LogP contribution in [0.5, 0.6) is 0 Å². The van der Waals surface area contributed by atoms with Crippen molar-refractivity contribution in [3.63, 3.8) is 0 Å². The summed E-state index contributed by atoms with van der Waals surface area (Å²) in [5.41, 5.74) is 0. The summed E-state index contributed by atoms with van der Waals surface area (Å²) in [6, 6.07) is 0. The van der Waals surface area contributed by atoms with Crippen LogP contribution in [0.25, 0.3) is 0 Å². The molecule has 0 aliphatic carbocycles. The number of rotatable bonds is 66. The van der Waals surface area contributed by atoms with Crippen molar-refractivity contribution in [2.45, 2.75) is 355 Å². The summed E-state index contributed by atoms with van der Waals surface area (Å²) in [7, 11) is -9.89. The molecule has 19 heteroatoms. The number of aliphatic hydroxyl groups is 1. The molecule has 5 atom stereocenters. The molecule has 0 bridgehead atoms. The SMILES string of the molecule is CCCCCCCCCCCCCCCCCCC(=O)O[C@H](COC(=O)CCCCCCCCCC(C)C)COP(=O)(O)OC[C@@H](O)COP(=O)(O)OC[C@@H](COC(=O)CCCCCCCCCCC)OC(=O)CCCCCCCCCCCC. The summed E-state index contributed by atoms with van der Waals surface area (Å²) in [5, 5.41) is 10.5. The molecule has 0 aromatic rings. The van der Waals surface area contributed by atoms with Gasteiger partial charge in [-0.2, -0.15) is 0 Å². The van der Waals surface area contributed by atoms with Crippen molar-refractivity contribution in [1.82, 2.24) is 0 Å². The molecule has 0 aromatic carbocycles. The van der Waals surface area contributed by atoms with Crippen LogP contribution < -0.4 is 0 Å². The fourth-order valence-corrected chi connectivity index (χ4v) is 11.5. The number of esters is 4. The largest absolute Gasteiger partial charge is 0.472 e. The van der Waals surface area contributed by atoms with Crippen molar-refractivity contribution >= 4 is 39.5 Å². The van der Waals surface area contributed by atoms with E-state index in [1.807, 2.05) is 0 Å². The quantitative estimate of drug-likeness (QED) is 0.0222. The minimum Gasteiger partial charge on any atom is -0.462 e. The van der Waals surface area contributed by atoms with Crippen LogP contribution in [0, 0.1) is 5.92 Å². The highest BCUT2D eigenvalue weighted by atomic mass is 31.2. The van der Waals surface area contributed by atoms with E-state index in [4.69, 9.17) is 37.0 Å². The van der Waals surface area contributed by atoms with Gasteiger partial charge in [0.05, 0.1) is 26.4 Å². The molecule has 0 rings (SSSR count). The van der Waals surface area contributed by atoms with E-state index in [0.29, 0.717) is 31.6 Å². The van der Waals surface area contributed by atoms with E-state index in [9.17, 15) is 43.2 Å². The first-order chi connectivity index (χ1) is 41.0. The maximum atomic E-state index is 13.0. The Morgan fingerprint density at radius 3 is 0.800 bits per heavy atom.